The van der Waals surface area contributed by atoms with Crippen molar-refractivity contribution < 1.29 is 4.79 Å². The highest BCUT2D eigenvalue weighted by Crippen LogP contribution is 2.33. The first kappa shape index (κ1) is 21.4. The van der Waals surface area contributed by atoms with Gasteiger partial charge in [0, 0.05) is 23.7 Å². The van der Waals surface area contributed by atoms with E-state index in [-0.39, 0.29) is 12.1 Å². The molecule has 1 aliphatic carbocycles. The zero-order valence-corrected chi connectivity index (χ0v) is 18.1. The van der Waals surface area contributed by atoms with Gasteiger partial charge in [-0.1, -0.05) is 89.8 Å². The van der Waals surface area contributed by atoms with Gasteiger partial charge in [-0.05, 0) is 31.2 Å². The number of hydrogen-bond acceptors (Lipinski definition) is 2. The van der Waals surface area contributed by atoms with E-state index in [1.807, 2.05) is 12.1 Å². The molecule has 3 nitrogen and oxygen atoms in total. The van der Waals surface area contributed by atoms with E-state index in [1.165, 1.54) is 76.2 Å². The Morgan fingerprint density at radius 3 is 2.11 bits per heavy atom. The molecule has 1 aliphatic heterocycles. The lowest BCUT2D eigenvalue weighted by molar-refractivity contribution is 0.0666. The minimum atomic E-state index is 0.0559. The van der Waals surface area contributed by atoms with Gasteiger partial charge in [0.2, 0.25) is 0 Å². The molecule has 1 N–H and O–H groups in total. The van der Waals surface area contributed by atoms with Crippen LogP contribution in [0.15, 0.2) is 24.3 Å². The van der Waals surface area contributed by atoms with Crippen LogP contribution < -0.4 is 5.32 Å². The fourth-order valence-corrected chi connectivity index (χ4v) is 4.73. The van der Waals surface area contributed by atoms with Crippen molar-refractivity contribution in [3.05, 3.63) is 35.4 Å². The van der Waals surface area contributed by atoms with Gasteiger partial charge in [-0.3, -0.25) is 10.1 Å². The summed E-state index contributed by atoms with van der Waals surface area (Å²) in [6.07, 6.45) is 15.9. The van der Waals surface area contributed by atoms with Crippen LogP contribution >= 0.6 is 0 Å². The molecule has 1 heterocycles. The number of carbonyl (C=O) groups is 1. The van der Waals surface area contributed by atoms with E-state index in [1.54, 1.807) is 0 Å². The highest BCUT2D eigenvalue weighted by Gasteiger charge is 2.36. The van der Waals surface area contributed by atoms with Gasteiger partial charge in [-0.25, -0.2) is 0 Å². The monoisotopic (exact) mass is 384 g/mol. The average molecular weight is 385 g/mol. The summed E-state index contributed by atoms with van der Waals surface area (Å²) in [7, 11) is 0. The first-order valence-corrected chi connectivity index (χ1v) is 11.8. The molecule has 0 bridgehead atoms. The van der Waals surface area contributed by atoms with Gasteiger partial charge in [0.1, 0.15) is 6.17 Å². The molecule has 1 saturated carbocycles. The molecule has 0 radical (unpaired) electrons. The van der Waals surface area contributed by atoms with Crippen LogP contribution in [0.5, 0.6) is 0 Å². The average Bonchev–Trinajstić information content (AvgIpc) is 2.94. The van der Waals surface area contributed by atoms with Crippen molar-refractivity contribution >= 4 is 5.91 Å². The number of nitrogens with one attached hydrogen (secondary N) is 1. The minimum Gasteiger partial charge on any atom is -0.319 e. The molecule has 0 aromatic heterocycles. The topological polar surface area (TPSA) is 32.3 Å². The van der Waals surface area contributed by atoms with E-state index in [2.05, 4.69) is 36.2 Å². The first-order chi connectivity index (χ1) is 13.7. The molecule has 0 spiro atoms. The number of hydrogen-bond donors (Lipinski definition) is 1. The second kappa shape index (κ2) is 11.0. The van der Waals surface area contributed by atoms with Crippen LogP contribution in [-0.2, 0) is 0 Å². The second-order valence-corrected chi connectivity index (χ2v) is 9.29. The van der Waals surface area contributed by atoms with Gasteiger partial charge in [0.05, 0.1) is 0 Å². The molecule has 2 aliphatic rings. The molecular weight excluding hydrogens is 344 g/mol. The lowest BCUT2D eigenvalue weighted by Crippen LogP contribution is -2.42. The molecule has 1 atom stereocenters. The summed E-state index contributed by atoms with van der Waals surface area (Å²) in [6, 6.07) is 8.74. The molecule has 0 saturated heterocycles. The summed E-state index contributed by atoms with van der Waals surface area (Å²) in [5.41, 5.74) is 2.08. The third-order valence-corrected chi connectivity index (χ3v) is 6.50. The summed E-state index contributed by atoms with van der Waals surface area (Å²) < 4.78 is 0. The summed E-state index contributed by atoms with van der Waals surface area (Å²) in [6.45, 7) is 5.32. The first-order valence-electron chi connectivity index (χ1n) is 11.8. The maximum absolute atomic E-state index is 13.1. The fourth-order valence-electron chi connectivity index (χ4n) is 4.73. The Bertz CT molecular complexity index is 600. The predicted octanol–water partition coefficient (Wildman–Crippen LogP) is 6.45. The maximum Gasteiger partial charge on any atom is 0.255 e. The van der Waals surface area contributed by atoms with E-state index >= 15 is 0 Å². The Morgan fingerprint density at radius 1 is 0.929 bits per heavy atom. The van der Waals surface area contributed by atoms with Crippen molar-refractivity contribution in [2.45, 2.75) is 103 Å². The van der Waals surface area contributed by atoms with E-state index < -0.39 is 0 Å². The van der Waals surface area contributed by atoms with Crippen LogP contribution in [0.2, 0.25) is 0 Å². The molecule has 1 fully saturated rings. The normalized spacial score (nSPS) is 22.8. The summed E-state index contributed by atoms with van der Waals surface area (Å²) in [4.78, 5) is 15.2. The minimum absolute atomic E-state index is 0.0559. The largest absolute Gasteiger partial charge is 0.319 e. The molecule has 1 aromatic rings. The highest BCUT2D eigenvalue weighted by molar-refractivity contribution is 5.99. The Balaban J connectivity index is 1.70. The van der Waals surface area contributed by atoms with Gasteiger partial charge in [0.25, 0.3) is 5.91 Å². The van der Waals surface area contributed by atoms with Crippen molar-refractivity contribution in [2.75, 3.05) is 6.54 Å². The van der Waals surface area contributed by atoms with Crippen LogP contribution in [0.1, 0.15) is 113 Å². The van der Waals surface area contributed by atoms with E-state index in [0.717, 1.165) is 18.5 Å². The molecule has 156 valence electrons. The summed E-state index contributed by atoms with van der Waals surface area (Å²) >= 11 is 0. The van der Waals surface area contributed by atoms with Crippen molar-refractivity contribution in [1.82, 2.24) is 10.2 Å². The Labute approximate surface area is 172 Å². The standard InChI is InChI=1S/C25H40N2O/c1-20(2)18-19-27-24(22-16-12-13-17-23(22)25(27)28)26-21-14-10-8-6-4-3-5-7-9-11-15-21/h12-13,16-17,20-21,24,26H,3-11,14-15,18-19H2,1-2H3. The lowest BCUT2D eigenvalue weighted by Gasteiger charge is -2.31. The number of amides is 1. The van der Waals surface area contributed by atoms with Crippen LogP contribution in [-0.4, -0.2) is 23.4 Å². The predicted molar refractivity (Wildman–Crippen MR) is 117 cm³/mol. The number of nitrogens with zero attached hydrogens (tertiary/aromatic N) is 1. The third-order valence-electron chi connectivity index (χ3n) is 6.50. The van der Waals surface area contributed by atoms with Crippen LogP contribution in [0.3, 0.4) is 0 Å². The molecule has 1 amide bonds. The summed E-state index contributed by atoms with van der Waals surface area (Å²) in [5, 5.41) is 3.94. The van der Waals surface area contributed by atoms with E-state index in [0.29, 0.717) is 12.0 Å². The zero-order chi connectivity index (χ0) is 19.8. The van der Waals surface area contributed by atoms with Gasteiger partial charge in [0.15, 0.2) is 0 Å². The van der Waals surface area contributed by atoms with Gasteiger partial charge in [-0.15, -0.1) is 0 Å². The quantitative estimate of drug-likeness (QED) is 0.632. The molecule has 3 heteroatoms. The molecule has 1 aromatic carbocycles. The second-order valence-electron chi connectivity index (χ2n) is 9.29. The summed E-state index contributed by atoms with van der Waals surface area (Å²) in [5.74, 6) is 0.820. The number of fused-ring (bicyclic) bond motifs is 1. The van der Waals surface area contributed by atoms with Crippen LogP contribution in [0.25, 0.3) is 0 Å². The van der Waals surface area contributed by atoms with Crippen LogP contribution in [0, 0.1) is 5.92 Å². The van der Waals surface area contributed by atoms with Crippen molar-refractivity contribution in [3.8, 4) is 0 Å². The van der Waals surface area contributed by atoms with Crippen LogP contribution in [0.4, 0.5) is 0 Å². The number of rotatable bonds is 5. The molecule has 28 heavy (non-hydrogen) atoms. The van der Waals surface area contributed by atoms with Crippen molar-refractivity contribution in [1.29, 1.82) is 0 Å². The fraction of sp³-hybridized carbons (Fsp3) is 0.720. The third kappa shape index (κ3) is 5.83. The molecule has 3 rings (SSSR count). The Morgan fingerprint density at radius 2 is 1.50 bits per heavy atom. The SMILES string of the molecule is CC(C)CCN1C(=O)c2ccccc2C1NC1CCCCCCCCCCC1. The highest BCUT2D eigenvalue weighted by atomic mass is 16.2. The van der Waals surface area contributed by atoms with Crippen molar-refractivity contribution in [3.63, 3.8) is 0 Å². The maximum atomic E-state index is 13.1. The van der Waals surface area contributed by atoms with Crippen molar-refractivity contribution in [2.24, 2.45) is 5.92 Å². The Kier molecular flexibility index (Phi) is 8.39. The smallest absolute Gasteiger partial charge is 0.255 e. The number of benzene rings is 1. The zero-order valence-electron chi connectivity index (χ0n) is 18.1. The van der Waals surface area contributed by atoms with E-state index in [4.69, 9.17) is 0 Å². The van der Waals surface area contributed by atoms with Gasteiger partial charge < -0.3 is 4.90 Å². The number of carbonyl (C=O) groups excluding carboxylic acids is 1. The molecular formula is C25H40N2O. The molecule has 1 unspecified atom stereocenters. The van der Waals surface area contributed by atoms with E-state index in [9.17, 15) is 4.79 Å². The lowest BCUT2D eigenvalue weighted by atomic mass is 9.97. The van der Waals surface area contributed by atoms with Gasteiger partial charge >= 0.3 is 0 Å². The van der Waals surface area contributed by atoms with Gasteiger partial charge in [-0.2, -0.15) is 0 Å². The Hall–Kier alpha value is -1.35.